The molecule has 118 valence electrons. The fraction of sp³-hybridized carbons (Fsp3) is 0.615. The monoisotopic (exact) mass is 333 g/mol. The molecule has 1 aliphatic heterocycles. The molecule has 0 aromatic carbocycles. The number of sulfonamides is 1. The Labute approximate surface area is 128 Å². The topological polar surface area (TPSA) is 83.9 Å². The van der Waals surface area contributed by atoms with Gasteiger partial charge in [-0.05, 0) is 36.6 Å². The molecule has 0 saturated carbocycles. The fourth-order valence-corrected chi connectivity index (χ4v) is 5.27. The lowest BCUT2D eigenvalue weighted by Gasteiger charge is -2.26. The largest absolute Gasteiger partial charge is 0.477 e. The van der Waals surface area contributed by atoms with Gasteiger partial charge in [0, 0.05) is 26.8 Å². The summed E-state index contributed by atoms with van der Waals surface area (Å²) in [5.74, 6) is -0.947. The van der Waals surface area contributed by atoms with Crippen molar-refractivity contribution in [3.63, 3.8) is 0 Å². The number of rotatable bonds is 5. The van der Waals surface area contributed by atoms with Crippen LogP contribution < -0.4 is 0 Å². The van der Waals surface area contributed by atoms with Crippen LogP contribution in [-0.2, 0) is 14.8 Å². The van der Waals surface area contributed by atoms with Crippen molar-refractivity contribution in [3.8, 4) is 0 Å². The number of nitrogens with zero attached hydrogens (tertiary/aromatic N) is 1. The summed E-state index contributed by atoms with van der Waals surface area (Å²) in [4.78, 5) is 11.0. The standard InChI is InChI=1S/C13H19NO5S2/c1-9-8-20-11(13(15)16)12(9)21(17,18)14(2)7-10-3-5-19-6-4-10/h8,10H,3-7H2,1-2H3,(H,15,16). The highest BCUT2D eigenvalue weighted by atomic mass is 32.2. The molecule has 1 saturated heterocycles. The van der Waals surface area contributed by atoms with E-state index in [4.69, 9.17) is 9.84 Å². The minimum Gasteiger partial charge on any atom is -0.477 e. The van der Waals surface area contributed by atoms with Gasteiger partial charge in [-0.15, -0.1) is 11.3 Å². The summed E-state index contributed by atoms with van der Waals surface area (Å²) in [5, 5.41) is 10.7. The molecule has 1 aromatic heterocycles. The number of carboxylic acid groups (broad SMARTS) is 1. The molecule has 0 amide bonds. The molecule has 0 aliphatic carbocycles. The summed E-state index contributed by atoms with van der Waals surface area (Å²) in [6.45, 7) is 3.31. The zero-order valence-corrected chi connectivity index (χ0v) is 13.7. The van der Waals surface area contributed by atoms with Crippen LogP contribution >= 0.6 is 11.3 Å². The van der Waals surface area contributed by atoms with Gasteiger partial charge >= 0.3 is 5.97 Å². The normalized spacial score (nSPS) is 17.3. The summed E-state index contributed by atoms with van der Waals surface area (Å²) >= 11 is 0.949. The molecule has 1 aromatic rings. The molecule has 0 spiro atoms. The van der Waals surface area contributed by atoms with E-state index in [9.17, 15) is 13.2 Å². The van der Waals surface area contributed by atoms with Gasteiger partial charge in [0.1, 0.15) is 9.77 Å². The fourth-order valence-electron chi connectivity index (χ4n) is 2.45. The Morgan fingerprint density at radius 3 is 2.67 bits per heavy atom. The third kappa shape index (κ3) is 3.45. The van der Waals surface area contributed by atoms with Gasteiger partial charge in [0.2, 0.25) is 10.0 Å². The van der Waals surface area contributed by atoms with E-state index in [2.05, 4.69) is 0 Å². The first-order valence-electron chi connectivity index (χ1n) is 6.69. The van der Waals surface area contributed by atoms with Gasteiger partial charge in [-0.3, -0.25) is 0 Å². The lowest BCUT2D eigenvalue weighted by Crippen LogP contribution is -2.34. The van der Waals surface area contributed by atoms with Crippen LogP contribution in [0.25, 0.3) is 0 Å². The van der Waals surface area contributed by atoms with Crippen LogP contribution in [0.1, 0.15) is 28.1 Å². The highest BCUT2D eigenvalue weighted by molar-refractivity contribution is 7.89. The molecule has 21 heavy (non-hydrogen) atoms. The van der Waals surface area contributed by atoms with Crippen LogP contribution in [0.4, 0.5) is 0 Å². The van der Waals surface area contributed by atoms with Crippen molar-refractivity contribution in [2.45, 2.75) is 24.7 Å². The van der Waals surface area contributed by atoms with Gasteiger partial charge in [0.15, 0.2) is 0 Å². The van der Waals surface area contributed by atoms with Crippen LogP contribution in [0.3, 0.4) is 0 Å². The molecular weight excluding hydrogens is 314 g/mol. The smallest absolute Gasteiger partial charge is 0.347 e. The van der Waals surface area contributed by atoms with Crippen LogP contribution in [-0.4, -0.2) is 50.6 Å². The van der Waals surface area contributed by atoms with Gasteiger partial charge in [0.05, 0.1) is 0 Å². The highest BCUT2D eigenvalue weighted by Crippen LogP contribution is 2.30. The number of hydrogen-bond donors (Lipinski definition) is 1. The molecule has 8 heteroatoms. The second kappa shape index (κ2) is 6.43. The van der Waals surface area contributed by atoms with Crippen LogP contribution in [0, 0.1) is 12.8 Å². The zero-order valence-electron chi connectivity index (χ0n) is 12.0. The van der Waals surface area contributed by atoms with Crippen LogP contribution in [0.2, 0.25) is 0 Å². The third-order valence-electron chi connectivity index (χ3n) is 3.64. The summed E-state index contributed by atoms with van der Waals surface area (Å²) in [5.41, 5.74) is 0.483. The van der Waals surface area contributed by atoms with Crippen molar-refractivity contribution in [3.05, 3.63) is 15.8 Å². The molecule has 0 bridgehead atoms. The number of aromatic carboxylic acids is 1. The lowest BCUT2D eigenvalue weighted by molar-refractivity contribution is 0.0620. The van der Waals surface area contributed by atoms with E-state index in [1.54, 1.807) is 12.3 Å². The van der Waals surface area contributed by atoms with Crippen molar-refractivity contribution in [1.82, 2.24) is 4.31 Å². The second-order valence-corrected chi connectivity index (χ2v) is 8.08. The van der Waals surface area contributed by atoms with E-state index in [1.165, 1.54) is 11.4 Å². The van der Waals surface area contributed by atoms with E-state index in [0.717, 1.165) is 24.2 Å². The van der Waals surface area contributed by atoms with E-state index >= 15 is 0 Å². The summed E-state index contributed by atoms with van der Waals surface area (Å²) in [7, 11) is -2.27. The van der Waals surface area contributed by atoms with Crippen LogP contribution in [0.15, 0.2) is 10.3 Å². The Hall–Kier alpha value is -0.960. The molecule has 0 atom stereocenters. The summed E-state index contributed by atoms with van der Waals surface area (Å²) in [6, 6.07) is 0. The Morgan fingerprint density at radius 1 is 1.48 bits per heavy atom. The number of carboxylic acids is 1. The van der Waals surface area contributed by atoms with Gasteiger partial charge in [0.25, 0.3) is 0 Å². The summed E-state index contributed by atoms with van der Waals surface area (Å²) in [6.07, 6.45) is 1.66. The molecule has 1 N–H and O–H groups in total. The van der Waals surface area contributed by atoms with Gasteiger partial charge in [-0.25, -0.2) is 17.5 Å². The quantitative estimate of drug-likeness (QED) is 0.888. The van der Waals surface area contributed by atoms with Gasteiger partial charge in [-0.2, -0.15) is 0 Å². The number of thiophene rings is 1. The first-order chi connectivity index (χ1) is 9.84. The minimum atomic E-state index is -3.78. The maximum absolute atomic E-state index is 12.7. The molecule has 2 rings (SSSR count). The van der Waals surface area contributed by atoms with Gasteiger partial charge in [-0.1, -0.05) is 0 Å². The molecule has 1 aliphatic rings. The van der Waals surface area contributed by atoms with Crippen molar-refractivity contribution in [2.24, 2.45) is 5.92 Å². The molecule has 0 radical (unpaired) electrons. The third-order valence-corrected chi connectivity index (χ3v) is 6.86. The van der Waals surface area contributed by atoms with E-state index < -0.39 is 16.0 Å². The van der Waals surface area contributed by atoms with Gasteiger partial charge < -0.3 is 9.84 Å². The SMILES string of the molecule is Cc1csc(C(=O)O)c1S(=O)(=O)N(C)CC1CCOCC1. The Bertz CT molecular complexity index is 617. The number of carbonyl (C=O) groups is 1. The van der Waals surface area contributed by atoms with E-state index in [1.807, 2.05) is 0 Å². The molecular formula is C13H19NO5S2. The average molecular weight is 333 g/mol. The van der Waals surface area contributed by atoms with Crippen molar-refractivity contribution >= 4 is 27.3 Å². The maximum Gasteiger partial charge on any atom is 0.347 e. The molecule has 0 unspecified atom stereocenters. The summed E-state index contributed by atoms with van der Waals surface area (Å²) < 4.78 is 31.8. The predicted molar refractivity (Wildman–Crippen MR) is 79.4 cm³/mol. The second-order valence-electron chi connectivity index (χ2n) is 5.22. The van der Waals surface area contributed by atoms with Crippen LogP contribution in [0.5, 0.6) is 0 Å². The zero-order chi connectivity index (χ0) is 15.6. The Balaban J connectivity index is 2.24. The molecule has 2 heterocycles. The number of ether oxygens (including phenoxy) is 1. The Kier molecular flexibility index (Phi) is 5.03. The number of hydrogen-bond acceptors (Lipinski definition) is 5. The average Bonchev–Trinajstić information content (AvgIpc) is 2.82. The minimum absolute atomic E-state index is 0.0745. The maximum atomic E-state index is 12.7. The van der Waals surface area contributed by atoms with E-state index in [0.29, 0.717) is 25.3 Å². The number of aryl methyl sites for hydroxylation is 1. The highest BCUT2D eigenvalue weighted by Gasteiger charge is 2.31. The predicted octanol–water partition coefficient (Wildman–Crippen LogP) is 1.80. The van der Waals surface area contributed by atoms with Crippen molar-refractivity contribution in [1.29, 1.82) is 0 Å². The molecule has 6 nitrogen and oxygen atoms in total. The Morgan fingerprint density at radius 2 is 2.10 bits per heavy atom. The first-order valence-corrected chi connectivity index (χ1v) is 9.01. The van der Waals surface area contributed by atoms with Crippen molar-refractivity contribution in [2.75, 3.05) is 26.8 Å². The van der Waals surface area contributed by atoms with Crippen molar-refractivity contribution < 1.29 is 23.1 Å². The van der Waals surface area contributed by atoms with E-state index in [-0.39, 0.29) is 15.7 Å². The lowest BCUT2D eigenvalue weighted by atomic mass is 10.0. The molecule has 1 fully saturated rings. The first kappa shape index (κ1) is 16.4.